The Morgan fingerprint density at radius 2 is 2.04 bits per heavy atom. The second-order valence-corrected chi connectivity index (χ2v) is 7.92. The number of benzene rings is 1. The van der Waals surface area contributed by atoms with Gasteiger partial charge in [0.15, 0.2) is 0 Å². The Hall–Kier alpha value is -1.35. The average Bonchev–Trinajstić information content (AvgIpc) is 3.22. The molecule has 3 heteroatoms. The molecule has 3 aliphatic rings. The molecule has 0 aromatic heterocycles. The van der Waals surface area contributed by atoms with E-state index in [1.165, 1.54) is 49.7 Å². The summed E-state index contributed by atoms with van der Waals surface area (Å²) in [5.41, 5.74) is 2.98. The van der Waals surface area contributed by atoms with Crippen molar-refractivity contribution in [3.63, 3.8) is 0 Å². The second-order valence-electron chi connectivity index (χ2n) is 7.92. The smallest absolute Gasteiger partial charge is 0.237 e. The lowest BCUT2D eigenvalue weighted by Crippen LogP contribution is -2.45. The summed E-state index contributed by atoms with van der Waals surface area (Å²) in [6.07, 6.45) is 8.64. The van der Waals surface area contributed by atoms with Crippen LogP contribution in [0, 0.1) is 12.8 Å². The van der Waals surface area contributed by atoms with Gasteiger partial charge in [0, 0.05) is 18.0 Å². The largest absolute Gasteiger partial charge is 0.354 e. The molecule has 3 atom stereocenters. The van der Waals surface area contributed by atoms with Crippen LogP contribution < -0.4 is 10.6 Å². The molecule has 1 amide bonds. The summed E-state index contributed by atoms with van der Waals surface area (Å²) in [4.78, 5) is 12.6. The second kappa shape index (κ2) is 5.94. The highest BCUT2D eigenvalue weighted by Crippen LogP contribution is 2.48. The molecule has 1 aliphatic heterocycles. The van der Waals surface area contributed by atoms with Gasteiger partial charge in [0.25, 0.3) is 0 Å². The van der Waals surface area contributed by atoms with Gasteiger partial charge in [-0.3, -0.25) is 4.79 Å². The predicted molar refractivity (Wildman–Crippen MR) is 92.4 cm³/mol. The summed E-state index contributed by atoms with van der Waals surface area (Å²) in [6, 6.07) is 9.25. The van der Waals surface area contributed by atoms with Gasteiger partial charge in [-0.2, -0.15) is 0 Å². The third kappa shape index (κ3) is 2.91. The highest BCUT2D eigenvalue weighted by molar-refractivity contribution is 5.82. The molecular weight excluding hydrogens is 284 g/mol. The van der Waals surface area contributed by atoms with E-state index in [2.05, 4.69) is 41.8 Å². The number of hydrogen-bond acceptors (Lipinski definition) is 2. The topological polar surface area (TPSA) is 41.1 Å². The highest BCUT2D eigenvalue weighted by atomic mass is 16.2. The first-order chi connectivity index (χ1) is 11.2. The third-order valence-electron chi connectivity index (χ3n) is 6.35. The standard InChI is InChI=1S/C20H28N2O/c1-14-6-2-4-8-16(14)20(10-11-20)13-21-19(23)18-12-15-7-3-5-9-17(15)22-18/h2,4,6,8,15,17-18,22H,3,5,7,9-13H2,1H3,(H,21,23). The van der Waals surface area contributed by atoms with Gasteiger partial charge in [-0.25, -0.2) is 0 Å². The fourth-order valence-corrected chi connectivity index (χ4v) is 4.76. The van der Waals surface area contributed by atoms with Crippen LogP contribution in [0.1, 0.15) is 56.1 Å². The molecule has 2 saturated carbocycles. The van der Waals surface area contributed by atoms with Gasteiger partial charge in [0.2, 0.25) is 5.91 Å². The molecule has 3 unspecified atom stereocenters. The van der Waals surface area contributed by atoms with Crippen molar-refractivity contribution >= 4 is 5.91 Å². The van der Waals surface area contributed by atoms with Crippen molar-refractivity contribution in [1.82, 2.24) is 10.6 Å². The van der Waals surface area contributed by atoms with Crippen molar-refractivity contribution in [2.75, 3.05) is 6.54 Å². The Bertz CT molecular complexity index is 579. The first kappa shape index (κ1) is 15.2. The van der Waals surface area contributed by atoms with Gasteiger partial charge in [-0.15, -0.1) is 0 Å². The normalized spacial score (nSPS) is 31.4. The number of nitrogens with one attached hydrogen (secondary N) is 2. The quantitative estimate of drug-likeness (QED) is 0.897. The molecule has 0 radical (unpaired) electrons. The van der Waals surface area contributed by atoms with Gasteiger partial charge in [0.05, 0.1) is 6.04 Å². The van der Waals surface area contributed by atoms with Crippen molar-refractivity contribution in [3.8, 4) is 0 Å². The van der Waals surface area contributed by atoms with Crippen molar-refractivity contribution in [3.05, 3.63) is 35.4 Å². The Labute approximate surface area is 139 Å². The van der Waals surface area contributed by atoms with Crippen LogP contribution in [-0.4, -0.2) is 24.5 Å². The zero-order chi connectivity index (χ0) is 15.9. The number of amides is 1. The Kier molecular flexibility index (Phi) is 3.92. The molecule has 23 heavy (non-hydrogen) atoms. The minimum atomic E-state index is 0.0378. The minimum absolute atomic E-state index is 0.0378. The molecule has 1 aromatic rings. The predicted octanol–water partition coefficient (Wildman–Crippen LogP) is 3.06. The number of aryl methyl sites for hydroxylation is 1. The SMILES string of the molecule is Cc1ccccc1C1(CNC(=O)C2CC3CCCCC3N2)CC1. The van der Waals surface area contributed by atoms with Crippen LogP contribution in [0.3, 0.4) is 0 Å². The van der Waals surface area contributed by atoms with Crippen molar-refractivity contribution in [2.45, 2.75) is 69.4 Å². The molecule has 1 heterocycles. The van der Waals surface area contributed by atoms with E-state index < -0.39 is 0 Å². The Morgan fingerprint density at radius 3 is 2.78 bits per heavy atom. The first-order valence-electron chi connectivity index (χ1n) is 9.28. The lowest BCUT2D eigenvalue weighted by molar-refractivity contribution is -0.123. The zero-order valence-corrected chi connectivity index (χ0v) is 14.1. The molecule has 0 spiro atoms. The van der Waals surface area contributed by atoms with Gasteiger partial charge < -0.3 is 10.6 Å². The third-order valence-corrected chi connectivity index (χ3v) is 6.35. The number of carbonyl (C=O) groups excluding carboxylic acids is 1. The molecule has 3 fully saturated rings. The van der Waals surface area contributed by atoms with E-state index in [0.717, 1.165) is 18.9 Å². The van der Waals surface area contributed by atoms with Crippen LogP contribution in [0.4, 0.5) is 0 Å². The number of carbonyl (C=O) groups is 1. The van der Waals surface area contributed by atoms with E-state index in [0.29, 0.717) is 6.04 Å². The first-order valence-corrected chi connectivity index (χ1v) is 9.28. The van der Waals surface area contributed by atoms with Crippen molar-refractivity contribution < 1.29 is 4.79 Å². The minimum Gasteiger partial charge on any atom is -0.354 e. The number of hydrogen-bond donors (Lipinski definition) is 2. The van der Waals surface area contributed by atoms with E-state index in [1.54, 1.807) is 0 Å². The van der Waals surface area contributed by atoms with Crippen LogP contribution in [0.15, 0.2) is 24.3 Å². The van der Waals surface area contributed by atoms with Crippen molar-refractivity contribution in [1.29, 1.82) is 0 Å². The number of fused-ring (bicyclic) bond motifs is 1. The van der Waals surface area contributed by atoms with Gasteiger partial charge in [0.1, 0.15) is 0 Å². The van der Waals surface area contributed by atoms with Crippen molar-refractivity contribution in [2.24, 2.45) is 5.92 Å². The van der Waals surface area contributed by atoms with Crippen LogP contribution >= 0.6 is 0 Å². The van der Waals surface area contributed by atoms with E-state index >= 15 is 0 Å². The van der Waals surface area contributed by atoms with Crippen LogP contribution in [0.2, 0.25) is 0 Å². The molecule has 2 N–H and O–H groups in total. The lowest BCUT2D eigenvalue weighted by Gasteiger charge is -2.24. The van der Waals surface area contributed by atoms with Gasteiger partial charge in [-0.1, -0.05) is 37.1 Å². The molecule has 1 saturated heterocycles. The molecule has 0 bridgehead atoms. The number of rotatable bonds is 4. The molecule has 4 rings (SSSR count). The van der Waals surface area contributed by atoms with E-state index in [-0.39, 0.29) is 17.4 Å². The maximum Gasteiger partial charge on any atom is 0.237 e. The van der Waals surface area contributed by atoms with E-state index in [9.17, 15) is 4.79 Å². The monoisotopic (exact) mass is 312 g/mol. The molecule has 2 aliphatic carbocycles. The fraction of sp³-hybridized carbons (Fsp3) is 0.650. The molecule has 124 valence electrons. The maximum atomic E-state index is 12.6. The van der Waals surface area contributed by atoms with E-state index in [1.807, 2.05) is 0 Å². The van der Waals surface area contributed by atoms with Crippen LogP contribution in [0.5, 0.6) is 0 Å². The average molecular weight is 312 g/mol. The zero-order valence-electron chi connectivity index (χ0n) is 14.1. The van der Waals surface area contributed by atoms with Crippen LogP contribution in [0.25, 0.3) is 0 Å². The summed E-state index contributed by atoms with van der Waals surface area (Å²) >= 11 is 0. The van der Waals surface area contributed by atoms with E-state index in [4.69, 9.17) is 0 Å². The summed E-state index contributed by atoms with van der Waals surface area (Å²) in [5, 5.41) is 6.85. The summed E-state index contributed by atoms with van der Waals surface area (Å²) in [5.74, 6) is 0.949. The molecule has 1 aromatic carbocycles. The summed E-state index contributed by atoms with van der Waals surface area (Å²) in [6.45, 7) is 2.98. The summed E-state index contributed by atoms with van der Waals surface area (Å²) in [7, 11) is 0. The van der Waals surface area contributed by atoms with Gasteiger partial charge >= 0.3 is 0 Å². The molecular formula is C20H28N2O. The highest BCUT2D eigenvalue weighted by Gasteiger charge is 2.46. The van der Waals surface area contributed by atoms with Gasteiger partial charge in [-0.05, 0) is 56.1 Å². The fourth-order valence-electron chi connectivity index (χ4n) is 4.76. The summed E-state index contributed by atoms with van der Waals surface area (Å²) < 4.78 is 0. The molecule has 3 nitrogen and oxygen atoms in total. The van der Waals surface area contributed by atoms with Crippen LogP contribution in [-0.2, 0) is 10.2 Å². The Balaban J connectivity index is 1.36. The Morgan fingerprint density at radius 1 is 1.26 bits per heavy atom. The lowest BCUT2D eigenvalue weighted by atomic mass is 9.85. The maximum absolute atomic E-state index is 12.6.